The Hall–Kier alpha value is -0.440. The first kappa shape index (κ1) is 28.6. The van der Waals surface area contributed by atoms with Gasteiger partial charge >= 0.3 is 0 Å². The van der Waals surface area contributed by atoms with E-state index in [0.29, 0.717) is 31.9 Å². The van der Waals surface area contributed by atoms with Crippen molar-refractivity contribution in [2.24, 2.45) is 0 Å². The van der Waals surface area contributed by atoms with Crippen molar-refractivity contribution < 1.29 is 0 Å². The molecule has 0 spiro atoms. The second-order valence-corrected chi connectivity index (χ2v) is 12.7. The SMILES string of the molecule is CCCCCc1nnc(-c2c(Cl)c(Cl)c3c(Cl)c(-c4nnc(CCCCC)s4)c(Cl)c(Cl)c3c2Cl)s1. The van der Waals surface area contributed by atoms with Crippen LogP contribution in [0.25, 0.3) is 31.9 Å². The third-order valence-electron chi connectivity index (χ3n) is 5.74. The van der Waals surface area contributed by atoms with Crippen molar-refractivity contribution in [1.82, 2.24) is 20.4 Å². The molecule has 0 N–H and O–H groups in total. The van der Waals surface area contributed by atoms with Gasteiger partial charge < -0.3 is 0 Å². The lowest BCUT2D eigenvalue weighted by Gasteiger charge is -2.17. The van der Waals surface area contributed by atoms with E-state index in [9.17, 15) is 0 Å². The highest BCUT2D eigenvalue weighted by molar-refractivity contribution is 7.15. The lowest BCUT2D eigenvalue weighted by molar-refractivity contribution is 0.710. The molecule has 2 aromatic carbocycles. The van der Waals surface area contributed by atoms with Gasteiger partial charge in [-0.25, -0.2) is 0 Å². The lowest BCUT2D eigenvalue weighted by Crippen LogP contribution is -1.92. The van der Waals surface area contributed by atoms with E-state index >= 15 is 0 Å². The van der Waals surface area contributed by atoms with Crippen LogP contribution in [0, 0.1) is 0 Å². The molecule has 4 aromatic rings. The summed E-state index contributed by atoms with van der Waals surface area (Å²) in [6.07, 6.45) is 8.27. The van der Waals surface area contributed by atoms with Crippen molar-refractivity contribution in [1.29, 1.82) is 0 Å². The maximum absolute atomic E-state index is 6.88. The number of benzene rings is 2. The van der Waals surface area contributed by atoms with Crippen LogP contribution in [0.3, 0.4) is 0 Å². The molecule has 0 bridgehead atoms. The Morgan fingerprint density at radius 1 is 0.500 bits per heavy atom. The number of nitrogens with zero attached hydrogens (tertiary/aromatic N) is 4. The van der Waals surface area contributed by atoms with E-state index in [1.807, 2.05) is 0 Å². The number of halogens is 6. The Labute approximate surface area is 248 Å². The van der Waals surface area contributed by atoms with Crippen LogP contribution in [0.1, 0.15) is 62.4 Å². The van der Waals surface area contributed by atoms with Crippen molar-refractivity contribution in [3.63, 3.8) is 0 Å². The van der Waals surface area contributed by atoms with Gasteiger partial charge in [-0.15, -0.1) is 20.4 Å². The third kappa shape index (κ3) is 5.62. The minimum atomic E-state index is 0.214. The number of unbranched alkanes of at least 4 members (excludes halogenated alkanes) is 4. The van der Waals surface area contributed by atoms with E-state index in [4.69, 9.17) is 69.6 Å². The molecule has 192 valence electrons. The monoisotopic (exact) mass is 640 g/mol. The molecule has 4 nitrogen and oxygen atoms in total. The zero-order valence-corrected chi connectivity index (χ0v) is 25.7. The van der Waals surface area contributed by atoms with E-state index < -0.39 is 0 Å². The summed E-state index contributed by atoms with van der Waals surface area (Å²) in [4.78, 5) is 0. The number of aryl methyl sites for hydroxylation is 2. The Bertz CT molecular complexity index is 1300. The Kier molecular flexibility index (Phi) is 10.0. The van der Waals surface area contributed by atoms with Crippen molar-refractivity contribution in [3.8, 4) is 21.1 Å². The fourth-order valence-electron chi connectivity index (χ4n) is 3.85. The molecule has 0 radical (unpaired) electrons. The maximum atomic E-state index is 6.88. The van der Waals surface area contributed by atoms with Crippen LogP contribution in [0.2, 0.25) is 30.1 Å². The number of fused-ring (bicyclic) bond motifs is 1. The predicted molar refractivity (Wildman–Crippen MR) is 158 cm³/mol. The predicted octanol–water partition coefficient (Wildman–Crippen LogP) is 11.3. The molecule has 12 heteroatoms. The minimum Gasteiger partial charge on any atom is -0.143 e. The Morgan fingerprint density at radius 3 is 1.25 bits per heavy atom. The van der Waals surface area contributed by atoms with Gasteiger partial charge in [-0.1, -0.05) is 132 Å². The summed E-state index contributed by atoms with van der Waals surface area (Å²) in [5.41, 5.74) is 0.928. The standard InChI is InChI=1S/C24H22Cl6N4S2/c1-3-5-7-9-11-31-33-23(35-11)15-17(25)13-14(19(27)21(15)29)18(26)16(22(30)20(13)28)24-34-32-12(36-24)10-8-6-4-2/h3-10H2,1-2H3. The van der Waals surface area contributed by atoms with Crippen LogP contribution < -0.4 is 0 Å². The van der Waals surface area contributed by atoms with Crippen LogP contribution in [0.15, 0.2) is 0 Å². The molecule has 0 unspecified atom stereocenters. The Morgan fingerprint density at radius 2 is 0.889 bits per heavy atom. The molecule has 4 rings (SSSR count). The molecular formula is C24H22Cl6N4S2. The number of hydrogen-bond donors (Lipinski definition) is 0. The molecule has 0 amide bonds. The summed E-state index contributed by atoms with van der Waals surface area (Å²) in [7, 11) is 0. The van der Waals surface area contributed by atoms with Crippen LogP contribution in [-0.4, -0.2) is 20.4 Å². The Balaban J connectivity index is 1.84. The molecule has 0 fully saturated rings. The van der Waals surface area contributed by atoms with Gasteiger partial charge in [-0.2, -0.15) is 0 Å². The van der Waals surface area contributed by atoms with Gasteiger partial charge in [-0.3, -0.25) is 0 Å². The summed E-state index contributed by atoms with van der Waals surface area (Å²) < 4.78 is 0. The number of rotatable bonds is 10. The second kappa shape index (κ2) is 12.6. The first-order valence-electron chi connectivity index (χ1n) is 11.6. The smallest absolute Gasteiger partial charge is 0.143 e. The van der Waals surface area contributed by atoms with Gasteiger partial charge in [0, 0.05) is 23.6 Å². The summed E-state index contributed by atoms with van der Waals surface area (Å²) >= 11 is 43.7. The van der Waals surface area contributed by atoms with E-state index in [2.05, 4.69) is 34.2 Å². The van der Waals surface area contributed by atoms with Crippen LogP contribution in [-0.2, 0) is 12.8 Å². The third-order valence-corrected chi connectivity index (χ3v) is 10.2. The van der Waals surface area contributed by atoms with E-state index in [1.54, 1.807) is 0 Å². The zero-order chi connectivity index (χ0) is 26.0. The van der Waals surface area contributed by atoms with Crippen molar-refractivity contribution in [2.45, 2.75) is 65.2 Å². The highest BCUT2D eigenvalue weighted by Gasteiger charge is 2.28. The fraction of sp³-hybridized carbons (Fsp3) is 0.417. The summed E-state index contributed by atoms with van der Waals surface area (Å²) in [6, 6.07) is 0. The average Bonchev–Trinajstić information content (AvgIpc) is 3.51. The molecule has 0 aliphatic rings. The van der Waals surface area contributed by atoms with Crippen molar-refractivity contribution >= 4 is 103 Å². The summed E-state index contributed by atoms with van der Waals surface area (Å²) in [5.74, 6) is 0. The fourth-order valence-corrected chi connectivity index (χ4v) is 8.02. The highest BCUT2D eigenvalue weighted by atomic mass is 35.5. The molecular weight excluding hydrogens is 621 g/mol. The van der Waals surface area contributed by atoms with E-state index in [-0.39, 0.29) is 30.1 Å². The van der Waals surface area contributed by atoms with Gasteiger partial charge in [-0.05, 0) is 12.8 Å². The van der Waals surface area contributed by atoms with Gasteiger partial charge in [0.25, 0.3) is 0 Å². The molecule has 0 saturated heterocycles. The van der Waals surface area contributed by atoms with Gasteiger partial charge in [0.15, 0.2) is 10.0 Å². The molecule has 0 saturated carbocycles. The quantitative estimate of drug-likeness (QED) is 0.128. The molecule has 2 heterocycles. The highest BCUT2D eigenvalue weighted by Crippen LogP contribution is 2.54. The average molecular weight is 643 g/mol. The molecule has 0 aliphatic heterocycles. The van der Waals surface area contributed by atoms with E-state index in [1.165, 1.54) is 22.7 Å². The van der Waals surface area contributed by atoms with Crippen molar-refractivity contribution in [2.75, 3.05) is 0 Å². The molecule has 36 heavy (non-hydrogen) atoms. The second-order valence-electron chi connectivity index (χ2n) is 8.30. The molecule has 2 aromatic heterocycles. The van der Waals surface area contributed by atoms with Crippen LogP contribution in [0.4, 0.5) is 0 Å². The summed E-state index contributed by atoms with van der Waals surface area (Å²) in [6.45, 7) is 4.32. The normalized spacial score (nSPS) is 11.7. The number of aromatic nitrogens is 4. The zero-order valence-electron chi connectivity index (χ0n) is 19.5. The van der Waals surface area contributed by atoms with Crippen LogP contribution in [0.5, 0.6) is 0 Å². The summed E-state index contributed by atoms with van der Waals surface area (Å²) in [5, 5.41) is 22.5. The van der Waals surface area contributed by atoms with Gasteiger partial charge in [0.1, 0.15) is 10.0 Å². The minimum absolute atomic E-state index is 0.214. The first-order chi connectivity index (χ1) is 17.3. The number of hydrogen-bond acceptors (Lipinski definition) is 6. The molecule has 0 atom stereocenters. The van der Waals surface area contributed by atoms with Gasteiger partial charge in [0.2, 0.25) is 0 Å². The van der Waals surface area contributed by atoms with Crippen molar-refractivity contribution in [3.05, 3.63) is 40.2 Å². The maximum Gasteiger partial charge on any atom is 0.150 e. The largest absolute Gasteiger partial charge is 0.150 e. The first-order valence-corrected chi connectivity index (χ1v) is 15.5. The molecule has 0 aliphatic carbocycles. The van der Waals surface area contributed by atoms with Gasteiger partial charge in [0.05, 0.1) is 41.3 Å². The van der Waals surface area contributed by atoms with E-state index in [0.717, 1.165) is 61.4 Å². The topological polar surface area (TPSA) is 51.6 Å². The lowest BCUT2D eigenvalue weighted by atomic mass is 10.0. The van der Waals surface area contributed by atoms with Crippen LogP contribution >= 0.6 is 92.3 Å².